The fourth-order valence-electron chi connectivity index (χ4n) is 2.87. The van der Waals surface area contributed by atoms with Crippen molar-refractivity contribution in [1.29, 1.82) is 0 Å². The topological polar surface area (TPSA) is 77.8 Å². The molecule has 0 bridgehead atoms. The van der Waals surface area contributed by atoms with E-state index in [2.05, 4.69) is 11.8 Å². The monoisotopic (exact) mass is 375 g/mol. The number of unbranched alkanes of at least 4 members (excludes halogenated alkanes) is 1. The van der Waals surface area contributed by atoms with Gasteiger partial charge in [0.1, 0.15) is 0 Å². The lowest BCUT2D eigenvalue weighted by molar-refractivity contribution is -0.137. The number of aliphatic carboxylic acids is 1. The SMILES string of the molecule is O=C(O)CCCC#CCN1C(=O)CCC[C@@H]1/C=C/C(O)Cc1cccs1. The van der Waals surface area contributed by atoms with Crippen molar-refractivity contribution < 1.29 is 19.8 Å². The van der Waals surface area contributed by atoms with Gasteiger partial charge in [-0.2, -0.15) is 0 Å². The van der Waals surface area contributed by atoms with Crippen LogP contribution in [0, 0.1) is 11.8 Å². The molecule has 0 radical (unpaired) electrons. The second-order valence-electron chi connectivity index (χ2n) is 6.32. The van der Waals surface area contributed by atoms with E-state index in [0.717, 1.165) is 17.7 Å². The number of piperidine rings is 1. The summed E-state index contributed by atoms with van der Waals surface area (Å²) in [5, 5.41) is 20.8. The molecule has 2 heterocycles. The van der Waals surface area contributed by atoms with Crippen LogP contribution in [0.5, 0.6) is 0 Å². The van der Waals surface area contributed by atoms with Crippen molar-refractivity contribution in [1.82, 2.24) is 4.90 Å². The molecule has 5 nitrogen and oxygen atoms in total. The number of carboxylic acid groups (broad SMARTS) is 1. The number of nitrogens with zero attached hydrogens (tertiary/aromatic N) is 1. The predicted octanol–water partition coefficient (Wildman–Crippen LogP) is 2.85. The predicted molar refractivity (Wildman–Crippen MR) is 102 cm³/mol. The van der Waals surface area contributed by atoms with Gasteiger partial charge >= 0.3 is 5.97 Å². The molecule has 1 aromatic rings. The summed E-state index contributed by atoms with van der Waals surface area (Å²) in [6.07, 6.45) is 7.12. The first-order chi connectivity index (χ1) is 12.6. The van der Waals surface area contributed by atoms with Crippen LogP contribution in [-0.2, 0) is 16.0 Å². The molecular weight excluding hydrogens is 350 g/mol. The first kappa shape index (κ1) is 20.2. The molecule has 1 aromatic heterocycles. The summed E-state index contributed by atoms with van der Waals surface area (Å²) >= 11 is 1.62. The molecule has 140 valence electrons. The highest BCUT2D eigenvalue weighted by atomic mass is 32.1. The Labute approximate surface area is 158 Å². The standard InChI is InChI=1S/C20H25NO4S/c22-17(15-18-8-6-14-26-18)12-11-16-7-5-9-19(23)21(16)13-4-2-1-3-10-20(24)25/h6,8,11-12,14,16-17,22H,1,3,5,7,9-10,13,15H2,(H,24,25)/b12-11+/t16-,17?/m1/s1. The zero-order chi connectivity index (χ0) is 18.8. The van der Waals surface area contributed by atoms with Crippen molar-refractivity contribution in [3.8, 4) is 11.8 Å². The molecule has 2 rings (SSSR count). The van der Waals surface area contributed by atoms with Gasteiger partial charge in [-0.3, -0.25) is 9.59 Å². The van der Waals surface area contributed by atoms with Crippen LogP contribution in [0.2, 0.25) is 0 Å². The van der Waals surface area contributed by atoms with Crippen molar-refractivity contribution in [2.75, 3.05) is 6.54 Å². The van der Waals surface area contributed by atoms with Crippen molar-refractivity contribution >= 4 is 23.2 Å². The normalized spacial score (nSPS) is 18.6. The molecular formula is C20H25NO4S. The maximum atomic E-state index is 12.2. The van der Waals surface area contributed by atoms with E-state index < -0.39 is 12.1 Å². The molecule has 1 amide bonds. The van der Waals surface area contributed by atoms with E-state index in [4.69, 9.17) is 5.11 Å². The molecule has 1 unspecified atom stereocenters. The van der Waals surface area contributed by atoms with Crippen molar-refractivity contribution in [2.24, 2.45) is 0 Å². The molecule has 1 fully saturated rings. The third-order valence-corrected chi connectivity index (χ3v) is 5.12. The number of carbonyl (C=O) groups is 2. The van der Waals surface area contributed by atoms with E-state index in [-0.39, 0.29) is 18.4 Å². The second kappa shape index (κ2) is 10.8. The van der Waals surface area contributed by atoms with E-state index in [1.165, 1.54) is 0 Å². The van der Waals surface area contributed by atoms with Gasteiger partial charge in [-0.15, -0.1) is 17.3 Å². The lowest BCUT2D eigenvalue weighted by atomic mass is 10.00. The molecule has 1 aliphatic heterocycles. The Morgan fingerprint density at radius 3 is 3.04 bits per heavy atom. The molecule has 1 aliphatic rings. The van der Waals surface area contributed by atoms with Gasteiger partial charge in [-0.25, -0.2) is 0 Å². The first-order valence-corrected chi connectivity index (χ1v) is 9.80. The zero-order valence-corrected chi connectivity index (χ0v) is 15.6. The summed E-state index contributed by atoms with van der Waals surface area (Å²) < 4.78 is 0. The van der Waals surface area contributed by atoms with Gasteiger partial charge in [-0.1, -0.05) is 24.1 Å². The minimum Gasteiger partial charge on any atom is -0.481 e. The van der Waals surface area contributed by atoms with Crippen molar-refractivity contribution in [2.45, 2.75) is 57.1 Å². The van der Waals surface area contributed by atoms with Gasteiger partial charge in [0.25, 0.3) is 0 Å². The number of hydrogen-bond donors (Lipinski definition) is 2. The fourth-order valence-corrected chi connectivity index (χ4v) is 3.63. The Balaban J connectivity index is 1.86. The number of amides is 1. The molecule has 26 heavy (non-hydrogen) atoms. The van der Waals surface area contributed by atoms with Gasteiger partial charge in [-0.05, 0) is 30.7 Å². The van der Waals surface area contributed by atoms with Crippen LogP contribution >= 0.6 is 11.3 Å². The molecule has 6 heteroatoms. The van der Waals surface area contributed by atoms with Gasteiger partial charge in [0, 0.05) is 30.6 Å². The molecule has 0 aromatic carbocycles. The van der Waals surface area contributed by atoms with Crippen LogP contribution < -0.4 is 0 Å². The first-order valence-electron chi connectivity index (χ1n) is 8.92. The van der Waals surface area contributed by atoms with Crippen LogP contribution in [-0.4, -0.2) is 45.7 Å². The van der Waals surface area contributed by atoms with Crippen LogP contribution in [0.3, 0.4) is 0 Å². The average Bonchev–Trinajstić information content (AvgIpc) is 3.10. The van der Waals surface area contributed by atoms with E-state index in [1.54, 1.807) is 22.3 Å². The number of thiophene rings is 1. The number of carbonyl (C=O) groups excluding carboxylic acids is 1. The summed E-state index contributed by atoms with van der Waals surface area (Å²) in [5.74, 6) is 5.19. The largest absolute Gasteiger partial charge is 0.481 e. The number of carboxylic acids is 1. The second-order valence-corrected chi connectivity index (χ2v) is 7.35. The van der Waals surface area contributed by atoms with Gasteiger partial charge in [0.2, 0.25) is 5.91 Å². The Morgan fingerprint density at radius 2 is 2.31 bits per heavy atom. The molecule has 0 aliphatic carbocycles. The van der Waals surface area contributed by atoms with Crippen LogP contribution in [0.25, 0.3) is 0 Å². The minimum atomic E-state index is -0.815. The smallest absolute Gasteiger partial charge is 0.303 e. The van der Waals surface area contributed by atoms with Crippen LogP contribution in [0.1, 0.15) is 43.4 Å². The maximum absolute atomic E-state index is 12.2. The Kier molecular flexibility index (Phi) is 8.39. The third-order valence-electron chi connectivity index (χ3n) is 4.22. The molecule has 2 atom stereocenters. The number of aliphatic hydroxyl groups excluding tert-OH is 1. The van der Waals surface area contributed by atoms with Gasteiger partial charge < -0.3 is 15.1 Å². The van der Waals surface area contributed by atoms with Crippen molar-refractivity contribution in [3.05, 3.63) is 34.5 Å². The van der Waals surface area contributed by atoms with E-state index in [1.807, 2.05) is 23.6 Å². The Morgan fingerprint density at radius 1 is 1.46 bits per heavy atom. The molecule has 1 saturated heterocycles. The summed E-state index contributed by atoms with van der Waals surface area (Å²) in [6, 6.07) is 3.92. The zero-order valence-electron chi connectivity index (χ0n) is 14.8. The number of aliphatic hydroxyl groups is 1. The third kappa shape index (κ3) is 7.03. The van der Waals surface area contributed by atoms with Gasteiger partial charge in [0.05, 0.1) is 18.7 Å². The van der Waals surface area contributed by atoms with Crippen molar-refractivity contribution in [3.63, 3.8) is 0 Å². The highest BCUT2D eigenvalue weighted by Gasteiger charge is 2.25. The highest BCUT2D eigenvalue weighted by Crippen LogP contribution is 2.19. The summed E-state index contributed by atoms with van der Waals surface area (Å²) in [6.45, 7) is 0.349. The summed E-state index contributed by atoms with van der Waals surface area (Å²) in [4.78, 5) is 25.5. The maximum Gasteiger partial charge on any atom is 0.303 e. The quantitative estimate of drug-likeness (QED) is 0.416. The van der Waals surface area contributed by atoms with E-state index in [0.29, 0.717) is 32.2 Å². The minimum absolute atomic E-state index is 0.0393. The number of rotatable bonds is 8. The number of likely N-dealkylation sites (tertiary alicyclic amines) is 1. The highest BCUT2D eigenvalue weighted by molar-refractivity contribution is 7.09. The van der Waals surface area contributed by atoms with Crippen LogP contribution in [0.4, 0.5) is 0 Å². The molecule has 2 N–H and O–H groups in total. The Bertz CT molecular complexity index is 672. The lowest BCUT2D eigenvalue weighted by Crippen LogP contribution is -2.42. The summed E-state index contributed by atoms with van der Waals surface area (Å²) in [7, 11) is 0. The van der Waals surface area contributed by atoms with E-state index >= 15 is 0 Å². The molecule has 0 spiro atoms. The lowest BCUT2D eigenvalue weighted by Gasteiger charge is -2.32. The van der Waals surface area contributed by atoms with Gasteiger partial charge in [0.15, 0.2) is 0 Å². The van der Waals surface area contributed by atoms with Crippen LogP contribution in [0.15, 0.2) is 29.7 Å². The van der Waals surface area contributed by atoms with E-state index in [9.17, 15) is 14.7 Å². The number of hydrogen-bond acceptors (Lipinski definition) is 4. The summed E-state index contributed by atoms with van der Waals surface area (Å²) in [5.41, 5.74) is 0. The average molecular weight is 375 g/mol. The molecule has 0 saturated carbocycles. The Hall–Kier alpha value is -2.10. The fraction of sp³-hybridized carbons (Fsp3) is 0.500.